The molecule has 0 unspecified atom stereocenters. The van der Waals surface area contributed by atoms with E-state index in [2.05, 4.69) is 22.1 Å². The second-order valence-corrected chi connectivity index (χ2v) is 11.0. The fourth-order valence-corrected chi connectivity index (χ4v) is 6.55. The van der Waals surface area contributed by atoms with Gasteiger partial charge in [0, 0.05) is 42.8 Å². The maximum absolute atomic E-state index is 12.9. The minimum atomic E-state index is -3.53. The summed E-state index contributed by atoms with van der Waals surface area (Å²) in [5, 5.41) is 7.64. The Balaban J connectivity index is 1.45. The molecule has 1 N–H and O–H groups in total. The van der Waals surface area contributed by atoms with Crippen molar-refractivity contribution in [3.05, 3.63) is 51.7 Å². The molecule has 4 rings (SSSR count). The van der Waals surface area contributed by atoms with E-state index in [0.717, 1.165) is 30.2 Å². The van der Waals surface area contributed by atoms with E-state index in [1.165, 1.54) is 15.6 Å². The van der Waals surface area contributed by atoms with Crippen molar-refractivity contribution >= 4 is 44.3 Å². The Hall–Kier alpha value is -2.11. The number of aromatic nitrogens is 1. The highest BCUT2D eigenvalue weighted by Crippen LogP contribution is 2.30. The molecule has 31 heavy (non-hydrogen) atoms. The fourth-order valence-electron chi connectivity index (χ4n) is 3.45. The zero-order valence-corrected chi connectivity index (χ0v) is 19.8. The summed E-state index contributed by atoms with van der Waals surface area (Å²) in [7, 11) is -3.53. The van der Waals surface area contributed by atoms with Gasteiger partial charge in [-0.25, -0.2) is 13.4 Å². The van der Waals surface area contributed by atoms with Crippen LogP contribution in [0, 0.1) is 6.92 Å². The number of piperazine rings is 1. The summed E-state index contributed by atoms with van der Waals surface area (Å²) in [6, 6.07) is 8.33. The van der Waals surface area contributed by atoms with E-state index in [9.17, 15) is 13.2 Å². The SMILES string of the molecule is CCN1CCN(S(=O)(=O)c2ccc(NC(=O)c3sc(-c4ccsc4)nc3C)cc2)CC1. The lowest BCUT2D eigenvalue weighted by Gasteiger charge is -2.33. The number of nitrogens with one attached hydrogen (secondary N) is 1. The van der Waals surface area contributed by atoms with Gasteiger partial charge in [-0.05, 0) is 49.2 Å². The first-order valence-electron chi connectivity index (χ1n) is 10.0. The molecular formula is C21H24N4O3S3. The van der Waals surface area contributed by atoms with Crippen LogP contribution in [0.15, 0.2) is 46.0 Å². The number of carbonyl (C=O) groups is 1. The summed E-state index contributed by atoms with van der Waals surface area (Å²) < 4.78 is 27.4. The van der Waals surface area contributed by atoms with Gasteiger partial charge in [0.25, 0.3) is 5.91 Å². The summed E-state index contributed by atoms with van der Waals surface area (Å²) >= 11 is 2.94. The third kappa shape index (κ3) is 4.73. The van der Waals surface area contributed by atoms with Crippen molar-refractivity contribution in [2.75, 3.05) is 38.0 Å². The zero-order chi connectivity index (χ0) is 22.0. The number of sulfonamides is 1. The number of nitrogens with zero attached hydrogens (tertiary/aromatic N) is 3. The number of likely N-dealkylation sites (N-methyl/N-ethyl adjacent to an activating group) is 1. The van der Waals surface area contributed by atoms with Gasteiger partial charge in [0.05, 0.1) is 10.6 Å². The van der Waals surface area contributed by atoms with Crippen LogP contribution in [0.2, 0.25) is 0 Å². The van der Waals surface area contributed by atoms with E-state index in [0.29, 0.717) is 29.3 Å². The first kappa shape index (κ1) is 22.1. The number of thiophene rings is 1. The maximum Gasteiger partial charge on any atom is 0.267 e. The Morgan fingerprint density at radius 2 is 1.84 bits per heavy atom. The molecule has 2 aromatic heterocycles. The van der Waals surface area contributed by atoms with Crippen LogP contribution in [0.1, 0.15) is 22.3 Å². The molecule has 0 saturated carbocycles. The van der Waals surface area contributed by atoms with Gasteiger partial charge in [-0.15, -0.1) is 11.3 Å². The summed E-state index contributed by atoms with van der Waals surface area (Å²) in [6.07, 6.45) is 0. The largest absolute Gasteiger partial charge is 0.321 e. The Morgan fingerprint density at radius 3 is 2.45 bits per heavy atom. The lowest BCUT2D eigenvalue weighted by atomic mass is 10.3. The molecule has 0 aliphatic carbocycles. The van der Waals surface area contributed by atoms with E-state index < -0.39 is 10.0 Å². The molecule has 1 amide bonds. The molecule has 1 saturated heterocycles. The van der Waals surface area contributed by atoms with E-state index in [-0.39, 0.29) is 10.8 Å². The average molecular weight is 477 g/mol. The molecule has 164 valence electrons. The quantitative estimate of drug-likeness (QED) is 0.586. The predicted molar refractivity (Wildman–Crippen MR) is 125 cm³/mol. The number of anilines is 1. The van der Waals surface area contributed by atoms with Crippen LogP contribution < -0.4 is 5.32 Å². The number of thiazole rings is 1. The van der Waals surface area contributed by atoms with E-state index >= 15 is 0 Å². The smallest absolute Gasteiger partial charge is 0.267 e. The number of hydrogen-bond donors (Lipinski definition) is 1. The number of hydrogen-bond acceptors (Lipinski definition) is 7. The molecule has 7 nitrogen and oxygen atoms in total. The van der Waals surface area contributed by atoms with Crippen molar-refractivity contribution in [2.24, 2.45) is 0 Å². The van der Waals surface area contributed by atoms with Gasteiger partial charge in [-0.2, -0.15) is 15.6 Å². The van der Waals surface area contributed by atoms with E-state index in [4.69, 9.17) is 0 Å². The predicted octanol–water partition coefficient (Wildman–Crippen LogP) is 3.76. The number of rotatable bonds is 6. The van der Waals surface area contributed by atoms with Gasteiger partial charge in [0.15, 0.2) is 0 Å². The second kappa shape index (κ2) is 9.17. The maximum atomic E-state index is 12.9. The van der Waals surface area contributed by atoms with Crippen LogP contribution in [0.3, 0.4) is 0 Å². The summed E-state index contributed by atoms with van der Waals surface area (Å²) in [5.41, 5.74) is 2.23. The van der Waals surface area contributed by atoms with Crippen LogP contribution in [0.5, 0.6) is 0 Å². The van der Waals surface area contributed by atoms with Crippen molar-refractivity contribution < 1.29 is 13.2 Å². The Labute approximate surface area is 190 Å². The third-order valence-corrected chi connectivity index (χ3v) is 9.10. The molecule has 3 heterocycles. The minimum absolute atomic E-state index is 0.240. The van der Waals surface area contributed by atoms with Crippen molar-refractivity contribution in [2.45, 2.75) is 18.7 Å². The average Bonchev–Trinajstić information content (AvgIpc) is 3.44. The molecule has 1 aromatic carbocycles. The van der Waals surface area contributed by atoms with Crippen LogP contribution in [-0.4, -0.2) is 61.2 Å². The highest BCUT2D eigenvalue weighted by molar-refractivity contribution is 7.89. The van der Waals surface area contributed by atoms with Crippen LogP contribution in [-0.2, 0) is 10.0 Å². The Bertz CT molecular complexity index is 1150. The van der Waals surface area contributed by atoms with Crippen LogP contribution >= 0.6 is 22.7 Å². The molecule has 0 radical (unpaired) electrons. The fraction of sp³-hybridized carbons (Fsp3) is 0.333. The van der Waals surface area contributed by atoms with Crippen molar-refractivity contribution in [1.82, 2.24) is 14.2 Å². The molecule has 0 spiro atoms. The summed E-state index contributed by atoms with van der Waals surface area (Å²) in [4.78, 5) is 20.3. The zero-order valence-electron chi connectivity index (χ0n) is 17.4. The van der Waals surface area contributed by atoms with Crippen molar-refractivity contribution in [3.63, 3.8) is 0 Å². The van der Waals surface area contributed by atoms with Crippen LogP contribution in [0.25, 0.3) is 10.6 Å². The molecule has 3 aromatic rings. The number of aryl methyl sites for hydroxylation is 1. The van der Waals surface area contributed by atoms with Gasteiger partial charge >= 0.3 is 0 Å². The van der Waals surface area contributed by atoms with Gasteiger partial charge in [0.2, 0.25) is 10.0 Å². The monoisotopic (exact) mass is 476 g/mol. The normalized spacial score (nSPS) is 15.8. The van der Waals surface area contributed by atoms with Gasteiger partial charge in [-0.1, -0.05) is 6.92 Å². The Kier molecular flexibility index (Phi) is 6.54. The Morgan fingerprint density at radius 1 is 1.13 bits per heavy atom. The standard InChI is InChI=1S/C21H24N4O3S3/c1-3-24-9-11-25(12-10-24)31(27,28)18-6-4-17(5-7-18)23-20(26)19-15(2)22-21(30-19)16-8-13-29-14-16/h4-8,13-14H,3,9-12H2,1-2H3,(H,23,26). The summed E-state index contributed by atoms with van der Waals surface area (Å²) in [5.74, 6) is -0.247. The lowest BCUT2D eigenvalue weighted by molar-refractivity contribution is 0.103. The molecule has 1 fully saturated rings. The molecule has 0 bridgehead atoms. The first-order chi connectivity index (χ1) is 14.9. The van der Waals surface area contributed by atoms with Gasteiger partial charge in [-0.3, -0.25) is 4.79 Å². The van der Waals surface area contributed by atoms with Gasteiger partial charge < -0.3 is 10.2 Å². The molecule has 10 heteroatoms. The number of carbonyl (C=O) groups excluding carboxylic acids is 1. The highest BCUT2D eigenvalue weighted by Gasteiger charge is 2.28. The highest BCUT2D eigenvalue weighted by atomic mass is 32.2. The topological polar surface area (TPSA) is 82.6 Å². The number of benzene rings is 1. The number of amides is 1. The minimum Gasteiger partial charge on any atom is -0.321 e. The molecular weight excluding hydrogens is 452 g/mol. The van der Waals surface area contributed by atoms with E-state index in [1.807, 2.05) is 23.8 Å². The molecule has 1 aliphatic heterocycles. The van der Waals surface area contributed by atoms with E-state index in [1.54, 1.807) is 35.6 Å². The molecule has 0 atom stereocenters. The van der Waals surface area contributed by atoms with Crippen LogP contribution in [0.4, 0.5) is 5.69 Å². The second-order valence-electron chi connectivity index (χ2n) is 7.26. The summed E-state index contributed by atoms with van der Waals surface area (Å²) in [6.45, 7) is 7.29. The lowest BCUT2D eigenvalue weighted by Crippen LogP contribution is -2.48. The molecule has 1 aliphatic rings. The third-order valence-electron chi connectivity index (χ3n) is 5.30. The van der Waals surface area contributed by atoms with Gasteiger partial charge in [0.1, 0.15) is 9.88 Å². The first-order valence-corrected chi connectivity index (χ1v) is 13.2. The van der Waals surface area contributed by atoms with Crippen molar-refractivity contribution in [3.8, 4) is 10.6 Å². The van der Waals surface area contributed by atoms with Crippen molar-refractivity contribution in [1.29, 1.82) is 0 Å².